The molecule has 1 aliphatic rings. The van der Waals surface area contributed by atoms with Crippen LogP contribution in [0.25, 0.3) is 0 Å². The third-order valence-corrected chi connectivity index (χ3v) is 4.37. The summed E-state index contributed by atoms with van der Waals surface area (Å²) in [5, 5.41) is 7.09. The van der Waals surface area contributed by atoms with E-state index in [1.54, 1.807) is 0 Å². The Kier molecular flexibility index (Phi) is 3.76. The minimum Gasteiger partial charge on any atom is -0.361 e. The Hall–Kier alpha value is -2.11. The molecule has 0 spiro atoms. The highest BCUT2D eigenvalue weighted by molar-refractivity contribution is 5.84. The van der Waals surface area contributed by atoms with E-state index in [-0.39, 0.29) is 17.9 Å². The lowest BCUT2D eigenvalue weighted by atomic mass is 9.97. The van der Waals surface area contributed by atoms with E-state index in [4.69, 9.17) is 4.52 Å². The summed E-state index contributed by atoms with van der Waals surface area (Å²) in [6.07, 6.45) is 3.88. The average molecular weight is 302 g/mol. The number of fused-ring (bicyclic) bond motifs is 1. The van der Waals surface area contributed by atoms with Gasteiger partial charge in [-0.1, -0.05) is 5.16 Å². The molecule has 0 fully saturated rings. The van der Waals surface area contributed by atoms with E-state index in [1.807, 2.05) is 33.9 Å². The number of aromatic nitrogens is 3. The Morgan fingerprint density at radius 1 is 1.45 bits per heavy atom. The molecule has 1 amide bonds. The number of hydrogen-bond acceptors (Lipinski definition) is 4. The summed E-state index contributed by atoms with van der Waals surface area (Å²) in [7, 11) is 0. The van der Waals surface area contributed by atoms with E-state index < -0.39 is 0 Å². The quantitative estimate of drug-likeness (QED) is 0.941. The molecular formula is C16H22N4O2. The normalized spacial score (nSPS) is 18.8. The molecule has 6 heteroatoms. The van der Waals surface area contributed by atoms with Gasteiger partial charge in [-0.15, -0.1) is 0 Å². The van der Waals surface area contributed by atoms with Crippen LogP contribution in [-0.4, -0.2) is 26.7 Å². The molecule has 6 nitrogen and oxygen atoms in total. The fourth-order valence-electron chi connectivity index (χ4n) is 3.27. The van der Waals surface area contributed by atoms with E-state index in [0.29, 0.717) is 0 Å². The molecule has 2 aromatic heterocycles. The molecule has 0 saturated carbocycles. The van der Waals surface area contributed by atoms with Crippen molar-refractivity contribution in [1.29, 1.82) is 0 Å². The maximum atomic E-state index is 12.5. The third-order valence-electron chi connectivity index (χ3n) is 4.37. The van der Waals surface area contributed by atoms with E-state index in [1.165, 1.54) is 0 Å². The number of nitrogens with zero attached hydrogens (tertiary/aromatic N) is 3. The van der Waals surface area contributed by atoms with Crippen molar-refractivity contribution >= 4 is 5.91 Å². The van der Waals surface area contributed by atoms with Crippen LogP contribution in [0.4, 0.5) is 0 Å². The number of hydrogen-bond donors (Lipinski definition) is 1. The highest BCUT2D eigenvalue weighted by Gasteiger charge is 2.26. The summed E-state index contributed by atoms with van der Waals surface area (Å²) in [6.45, 7) is 8.41. The second kappa shape index (κ2) is 5.59. The molecule has 0 radical (unpaired) electrons. The number of nitrogens with one attached hydrogen (secondary N) is 1. The van der Waals surface area contributed by atoms with Crippen molar-refractivity contribution in [2.75, 3.05) is 0 Å². The average Bonchev–Trinajstić information content (AvgIpc) is 2.99. The van der Waals surface area contributed by atoms with Crippen molar-refractivity contribution in [3.63, 3.8) is 0 Å². The molecule has 22 heavy (non-hydrogen) atoms. The van der Waals surface area contributed by atoms with Crippen molar-refractivity contribution in [1.82, 2.24) is 20.0 Å². The third kappa shape index (κ3) is 2.65. The SMILES string of the molecule is Cc1cn2c(n1)CCC(NC(=O)C(C)c1c(C)noc1C)C2. The fraction of sp³-hybridized carbons (Fsp3) is 0.562. The van der Waals surface area contributed by atoms with Gasteiger partial charge in [0.25, 0.3) is 0 Å². The maximum absolute atomic E-state index is 12.5. The lowest BCUT2D eigenvalue weighted by Gasteiger charge is -2.26. The monoisotopic (exact) mass is 302 g/mol. The Bertz CT molecular complexity index is 682. The topological polar surface area (TPSA) is 73.0 Å². The van der Waals surface area contributed by atoms with E-state index >= 15 is 0 Å². The lowest BCUT2D eigenvalue weighted by Crippen LogP contribution is -2.42. The van der Waals surface area contributed by atoms with Crippen molar-refractivity contribution in [2.24, 2.45) is 0 Å². The van der Waals surface area contributed by atoms with Gasteiger partial charge in [-0.05, 0) is 34.1 Å². The molecule has 1 aliphatic heterocycles. The van der Waals surface area contributed by atoms with Crippen LogP contribution in [0.5, 0.6) is 0 Å². The van der Waals surface area contributed by atoms with Gasteiger partial charge in [-0.3, -0.25) is 4.79 Å². The number of carbonyl (C=O) groups excluding carboxylic acids is 1. The summed E-state index contributed by atoms with van der Waals surface area (Å²) >= 11 is 0. The summed E-state index contributed by atoms with van der Waals surface area (Å²) in [5.74, 6) is 1.61. The van der Waals surface area contributed by atoms with E-state index in [0.717, 1.165) is 47.9 Å². The largest absolute Gasteiger partial charge is 0.361 e. The van der Waals surface area contributed by atoms with Gasteiger partial charge in [-0.2, -0.15) is 0 Å². The number of amides is 1. The zero-order valence-electron chi connectivity index (χ0n) is 13.5. The van der Waals surface area contributed by atoms with Crippen molar-refractivity contribution in [3.05, 3.63) is 34.7 Å². The van der Waals surface area contributed by atoms with Crippen LogP contribution in [-0.2, 0) is 17.8 Å². The van der Waals surface area contributed by atoms with E-state index in [9.17, 15) is 4.79 Å². The second-order valence-electron chi connectivity index (χ2n) is 6.15. The standard InChI is InChI=1S/C16H22N4O2/c1-9-7-20-8-13(5-6-14(20)17-9)18-16(21)10(2)15-11(3)19-22-12(15)4/h7,10,13H,5-6,8H2,1-4H3,(H,18,21). The molecular weight excluding hydrogens is 280 g/mol. The first-order valence-corrected chi connectivity index (χ1v) is 7.71. The Morgan fingerprint density at radius 3 is 2.91 bits per heavy atom. The minimum absolute atomic E-state index is 0.0275. The molecule has 0 aliphatic carbocycles. The first-order valence-electron chi connectivity index (χ1n) is 7.71. The van der Waals surface area contributed by atoms with Crippen LogP contribution in [0, 0.1) is 20.8 Å². The first-order chi connectivity index (χ1) is 10.5. The van der Waals surface area contributed by atoms with Gasteiger partial charge in [0.05, 0.1) is 17.3 Å². The number of rotatable bonds is 3. The Morgan fingerprint density at radius 2 is 2.23 bits per heavy atom. The molecule has 2 atom stereocenters. The van der Waals surface area contributed by atoms with Gasteiger partial charge in [0.15, 0.2) is 0 Å². The molecule has 3 rings (SSSR count). The van der Waals surface area contributed by atoms with Crippen molar-refractivity contribution < 1.29 is 9.32 Å². The zero-order valence-corrected chi connectivity index (χ0v) is 13.5. The lowest BCUT2D eigenvalue weighted by molar-refractivity contribution is -0.123. The number of imidazole rings is 1. The van der Waals surface area contributed by atoms with E-state index in [2.05, 4.69) is 20.0 Å². The van der Waals surface area contributed by atoms with Crippen molar-refractivity contribution in [3.8, 4) is 0 Å². The van der Waals surface area contributed by atoms with Gasteiger partial charge in [0.2, 0.25) is 5.91 Å². The van der Waals surface area contributed by atoms with Gasteiger partial charge < -0.3 is 14.4 Å². The van der Waals surface area contributed by atoms with Gasteiger partial charge >= 0.3 is 0 Å². The first kappa shape index (κ1) is 14.8. The zero-order chi connectivity index (χ0) is 15.9. The fourth-order valence-corrected chi connectivity index (χ4v) is 3.27. The van der Waals surface area contributed by atoms with Crippen molar-refractivity contribution in [2.45, 2.75) is 59.0 Å². The summed E-state index contributed by atoms with van der Waals surface area (Å²) in [6, 6.07) is 0.150. The number of aryl methyl sites for hydroxylation is 4. The number of carbonyl (C=O) groups is 1. The van der Waals surface area contributed by atoms with Crippen LogP contribution < -0.4 is 5.32 Å². The molecule has 1 N–H and O–H groups in total. The molecule has 0 saturated heterocycles. The molecule has 0 bridgehead atoms. The predicted octanol–water partition coefficient (Wildman–Crippen LogP) is 2.03. The van der Waals surface area contributed by atoms with Crippen LogP contribution in [0.1, 0.15) is 47.8 Å². The summed E-state index contributed by atoms with van der Waals surface area (Å²) < 4.78 is 7.31. The Labute approximate surface area is 129 Å². The maximum Gasteiger partial charge on any atom is 0.227 e. The minimum atomic E-state index is -0.253. The molecule has 0 aromatic carbocycles. The van der Waals surface area contributed by atoms with Crippen LogP contribution in [0.3, 0.4) is 0 Å². The highest BCUT2D eigenvalue weighted by atomic mass is 16.5. The predicted molar refractivity (Wildman–Crippen MR) is 81.6 cm³/mol. The van der Waals surface area contributed by atoms with Crippen LogP contribution in [0.2, 0.25) is 0 Å². The van der Waals surface area contributed by atoms with Crippen LogP contribution in [0.15, 0.2) is 10.7 Å². The molecule has 2 aromatic rings. The molecule has 118 valence electrons. The van der Waals surface area contributed by atoms with Gasteiger partial charge in [0.1, 0.15) is 11.6 Å². The highest BCUT2D eigenvalue weighted by Crippen LogP contribution is 2.24. The van der Waals surface area contributed by atoms with Gasteiger partial charge in [0, 0.05) is 30.8 Å². The van der Waals surface area contributed by atoms with Gasteiger partial charge in [-0.25, -0.2) is 4.98 Å². The summed E-state index contributed by atoms with van der Waals surface area (Å²) in [4.78, 5) is 17.0. The molecule has 3 heterocycles. The smallest absolute Gasteiger partial charge is 0.227 e. The van der Waals surface area contributed by atoms with Crippen LogP contribution >= 0.6 is 0 Å². The summed E-state index contributed by atoms with van der Waals surface area (Å²) in [5.41, 5.74) is 2.72. The molecule has 2 unspecified atom stereocenters. The second-order valence-corrected chi connectivity index (χ2v) is 6.15. The Balaban J connectivity index is 1.68.